The number of amides is 2. The Kier molecular flexibility index (Phi) is 8.21. The van der Waals surface area contributed by atoms with Crippen molar-refractivity contribution in [1.29, 1.82) is 0 Å². The number of nitrogens with zero attached hydrogens (tertiary/aromatic N) is 6. The lowest BCUT2D eigenvalue weighted by atomic mass is 10.1. The number of anilines is 1. The number of ether oxygens (including phenoxy) is 2. The molecule has 10 nitrogen and oxygen atoms in total. The smallest absolute Gasteiger partial charge is 0.295 e. The summed E-state index contributed by atoms with van der Waals surface area (Å²) in [5.41, 5.74) is 4.18. The minimum Gasteiger partial charge on any atom is -0.493 e. The van der Waals surface area contributed by atoms with E-state index in [-0.39, 0.29) is 11.8 Å². The summed E-state index contributed by atoms with van der Waals surface area (Å²) in [5, 5.41) is 0. The molecule has 0 bridgehead atoms. The number of benzene rings is 2. The van der Waals surface area contributed by atoms with Crippen LogP contribution in [0.25, 0.3) is 11.0 Å². The van der Waals surface area contributed by atoms with Gasteiger partial charge in [0.15, 0.2) is 11.5 Å². The molecule has 0 saturated carbocycles. The van der Waals surface area contributed by atoms with Gasteiger partial charge >= 0.3 is 0 Å². The molecule has 0 atom stereocenters. The molecular formula is C31H36N6O4. The van der Waals surface area contributed by atoms with E-state index in [1.807, 2.05) is 59.7 Å². The third-order valence-electron chi connectivity index (χ3n) is 7.51. The first-order valence-corrected chi connectivity index (χ1v) is 13.7. The van der Waals surface area contributed by atoms with E-state index in [1.165, 1.54) is 0 Å². The van der Waals surface area contributed by atoms with Crippen LogP contribution in [0.5, 0.6) is 11.5 Å². The van der Waals surface area contributed by atoms with E-state index in [0.29, 0.717) is 48.3 Å². The van der Waals surface area contributed by atoms with Gasteiger partial charge < -0.3 is 18.9 Å². The maximum atomic E-state index is 13.7. The molecule has 10 heteroatoms. The molecule has 0 spiro atoms. The molecule has 214 valence electrons. The predicted molar refractivity (Wildman–Crippen MR) is 158 cm³/mol. The van der Waals surface area contributed by atoms with Gasteiger partial charge in [0.05, 0.1) is 25.3 Å². The van der Waals surface area contributed by atoms with Crippen LogP contribution in [0.4, 0.5) is 5.82 Å². The van der Waals surface area contributed by atoms with Crippen molar-refractivity contribution in [2.45, 2.75) is 20.4 Å². The summed E-state index contributed by atoms with van der Waals surface area (Å²) in [6, 6.07) is 16.9. The Hall–Kier alpha value is -4.44. The summed E-state index contributed by atoms with van der Waals surface area (Å²) in [4.78, 5) is 41.9. The molecule has 4 aromatic rings. The number of imidazole rings is 1. The lowest BCUT2D eigenvalue weighted by Gasteiger charge is -2.35. The van der Waals surface area contributed by atoms with Crippen LogP contribution in [-0.2, 0) is 6.54 Å². The molecule has 1 aliphatic rings. The second-order valence-electron chi connectivity index (χ2n) is 10.3. The normalized spacial score (nSPS) is 13.8. The zero-order valence-corrected chi connectivity index (χ0v) is 24.3. The monoisotopic (exact) mass is 556 g/mol. The fraction of sp³-hybridized carbons (Fsp3) is 0.355. The van der Waals surface area contributed by atoms with Gasteiger partial charge in [0.2, 0.25) is 5.82 Å². The number of aryl methyl sites for hydroxylation is 2. The van der Waals surface area contributed by atoms with Crippen molar-refractivity contribution in [3.8, 4) is 11.5 Å². The third-order valence-corrected chi connectivity index (χ3v) is 7.51. The van der Waals surface area contributed by atoms with E-state index in [0.717, 1.165) is 41.9 Å². The van der Waals surface area contributed by atoms with Gasteiger partial charge in [0, 0.05) is 57.6 Å². The predicted octanol–water partition coefficient (Wildman–Crippen LogP) is 3.80. The zero-order chi connectivity index (χ0) is 29.1. The van der Waals surface area contributed by atoms with E-state index in [4.69, 9.17) is 14.5 Å². The number of carbonyl (C=O) groups excluding carboxylic acids is 2. The Balaban J connectivity index is 1.27. The fourth-order valence-electron chi connectivity index (χ4n) is 5.28. The maximum Gasteiger partial charge on any atom is 0.295 e. The number of hydrogen-bond acceptors (Lipinski definition) is 7. The van der Waals surface area contributed by atoms with Crippen LogP contribution in [0.3, 0.4) is 0 Å². The van der Waals surface area contributed by atoms with Crippen LogP contribution in [0.2, 0.25) is 0 Å². The number of aromatic nitrogens is 3. The first-order valence-electron chi connectivity index (χ1n) is 13.7. The molecular weight excluding hydrogens is 520 g/mol. The Morgan fingerprint density at radius 2 is 1.61 bits per heavy atom. The van der Waals surface area contributed by atoms with Crippen LogP contribution in [0.1, 0.15) is 32.2 Å². The highest BCUT2D eigenvalue weighted by atomic mass is 16.5. The van der Waals surface area contributed by atoms with Gasteiger partial charge in [-0.25, -0.2) is 9.97 Å². The van der Waals surface area contributed by atoms with Crippen LogP contribution in [0, 0.1) is 13.8 Å². The lowest BCUT2D eigenvalue weighted by Crippen LogP contribution is -2.49. The van der Waals surface area contributed by atoms with Gasteiger partial charge in [0.25, 0.3) is 11.8 Å². The summed E-state index contributed by atoms with van der Waals surface area (Å²) in [7, 11) is 4.87. The third kappa shape index (κ3) is 5.88. The molecule has 1 aliphatic heterocycles. The van der Waals surface area contributed by atoms with Crippen molar-refractivity contribution in [3.05, 3.63) is 77.2 Å². The molecule has 2 aromatic carbocycles. The van der Waals surface area contributed by atoms with E-state index in [9.17, 15) is 9.59 Å². The number of pyridine rings is 1. The molecule has 1 fully saturated rings. The Morgan fingerprint density at radius 3 is 2.32 bits per heavy atom. The molecule has 5 rings (SSSR count). The number of hydrogen-bond donors (Lipinski definition) is 0. The average Bonchev–Trinajstić information content (AvgIpc) is 3.36. The number of rotatable bonds is 8. The number of fused-ring (bicyclic) bond motifs is 1. The first-order chi connectivity index (χ1) is 19.8. The second kappa shape index (κ2) is 12.0. The van der Waals surface area contributed by atoms with Gasteiger partial charge in [-0.2, -0.15) is 0 Å². The van der Waals surface area contributed by atoms with Gasteiger partial charge in [0.1, 0.15) is 5.82 Å². The van der Waals surface area contributed by atoms with E-state index >= 15 is 0 Å². The maximum absolute atomic E-state index is 13.7. The number of methoxy groups -OCH3 is 2. The van der Waals surface area contributed by atoms with E-state index in [1.54, 1.807) is 44.4 Å². The van der Waals surface area contributed by atoms with Gasteiger partial charge in [-0.05, 0) is 61.9 Å². The quantitative estimate of drug-likeness (QED) is 0.326. The number of carbonyl (C=O) groups is 2. The SMILES string of the molecule is COc1ccc(C(=O)N2CCN(CCn3c(C(=O)N(C)c4cc(C)cc(C)n4)nc4ccccc43)CC2)cc1OC. The molecule has 3 heterocycles. The lowest BCUT2D eigenvalue weighted by molar-refractivity contribution is 0.0632. The molecule has 0 radical (unpaired) electrons. The Bertz CT molecular complexity index is 1550. The second-order valence-corrected chi connectivity index (χ2v) is 10.3. The highest BCUT2D eigenvalue weighted by Crippen LogP contribution is 2.28. The summed E-state index contributed by atoms with van der Waals surface area (Å²) < 4.78 is 12.7. The fourth-order valence-corrected chi connectivity index (χ4v) is 5.28. The van der Waals surface area contributed by atoms with Crippen LogP contribution < -0.4 is 14.4 Å². The minimum absolute atomic E-state index is 0.0258. The zero-order valence-electron chi connectivity index (χ0n) is 24.3. The van der Waals surface area contributed by atoms with Crippen molar-refractivity contribution in [1.82, 2.24) is 24.3 Å². The molecule has 2 aromatic heterocycles. The number of piperazine rings is 1. The number of para-hydroxylation sites is 2. The van der Waals surface area contributed by atoms with Crippen molar-refractivity contribution >= 4 is 28.7 Å². The largest absolute Gasteiger partial charge is 0.493 e. The summed E-state index contributed by atoms with van der Waals surface area (Å²) in [6.07, 6.45) is 0. The first kappa shape index (κ1) is 28.1. The van der Waals surface area contributed by atoms with Crippen LogP contribution in [0.15, 0.2) is 54.6 Å². The van der Waals surface area contributed by atoms with Gasteiger partial charge in [-0.3, -0.25) is 19.4 Å². The topological polar surface area (TPSA) is 93.0 Å². The van der Waals surface area contributed by atoms with Crippen LogP contribution >= 0.6 is 0 Å². The Labute approximate surface area is 240 Å². The van der Waals surface area contributed by atoms with Crippen LogP contribution in [-0.4, -0.2) is 90.1 Å². The molecule has 1 saturated heterocycles. The molecule has 0 aliphatic carbocycles. The van der Waals surface area contributed by atoms with Gasteiger partial charge in [-0.1, -0.05) is 12.1 Å². The molecule has 0 N–H and O–H groups in total. The van der Waals surface area contributed by atoms with Crippen molar-refractivity contribution in [3.63, 3.8) is 0 Å². The van der Waals surface area contributed by atoms with Crippen molar-refractivity contribution in [2.75, 3.05) is 58.9 Å². The van der Waals surface area contributed by atoms with Crippen molar-refractivity contribution < 1.29 is 19.1 Å². The molecule has 2 amide bonds. The standard InChI is InChI=1S/C31H36N6O4/c1-21-18-22(2)32-28(19-21)34(3)31(39)29-33-24-8-6-7-9-25(24)37(29)17-14-35-12-15-36(16-13-35)30(38)23-10-11-26(40-4)27(20-23)41-5/h6-11,18-20H,12-17H2,1-5H3. The molecule has 41 heavy (non-hydrogen) atoms. The highest BCUT2D eigenvalue weighted by molar-refractivity contribution is 6.04. The summed E-state index contributed by atoms with van der Waals surface area (Å²) >= 11 is 0. The highest BCUT2D eigenvalue weighted by Gasteiger charge is 2.26. The average molecular weight is 557 g/mol. The minimum atomic E-state index is -0.205. The van der Waals surface area contributed by atoms with Gasteiger partial charge in [-0.15, -0.1) is 0 Å². The summed E-state index contributed by atoms with van der Waals surface area (Å²) in [6.45, 7) is 7.94. The van der Waals surface area contributed by atoms with E-state index < -0.39 is 0 Å². The molecule has 0 unspecified atom stereocenters. The van der Waals surface area contributed by atoms with E-state index in [2.05, 4.69) is 9.88 Å². The van der Waals surface area contributed by atoms with Crippen molar-refractivity contribution in [2.24, 2.45) is 0 Å². The summed E-state index contributed by atoms with van der Waals surface area (Å²) in [5.74, 6) is 1.88. The Morgan fingerprint density at radius 1 is 0.878 bits per heavy atom.